The Labute approximate surface area is 134 Å². The minimum absolute atomic E-state index is 0.104. The smallest absolute Gasteiger partial charge is 0.335 e. The van der Waals surface area contributed by atoms with Crippen molar-refractivity contribution in [1.82, 2.24) is 0 Å². The van der Waals surface area contributed by atoms with Crippen molar-refractivity contribution in [3.8, 4) is 0 Å². The lowest BCUT2D eigenvalue weighted by molar-refractivity contribution is 0.0696. The van der Waals surface area contributed by atoms with E-state index in [4.69, 9.17) is 16.7 Å². The van der Waals surface area contributed by atoms with E-state index in [2.05, 4.69) is 20.7 Å². The van der Waals surface area contributed by atoms with Crippen molar-refractivity contribution >= 4 is 49.2 Å². The first-order valence-electron chi connectivity index (χ1n) is 5.61. The van der Waals surface area contributed by atoms with E-state index in [0.717, 1.165) is 6.07 Å². The van der Waals surface area contributed by atoms with Crippen LogP contribution in [0.5, 0.6) is 0 Å². The second kappa shape index (κ2) is 6.05. The molecule has 2 aromatic rings. The van der Waals surface area contributed by atoms with Crippen LogP contribution in [0, 0.1) is 0 Å². The molecule has 0 aliphatic rings. The second-order valence-electron chi connectivity index (χ2n) is 4.06. The van der Waals surface area contributed by atoms with Crippen LogP contribution in [0.2, 0.25) is 5.02 Å². The first-order valence-corrected chi connectivity index (χ1v) is 8.26. The lowest BCUT2D eigenvalue weighted by Gasteiger charge is -2.10. The normalized spacial score (nSPS) is 11.1. The van der Waals surface area contributed by atoms with Gasteiger partial charge in [0, 0.05) is 9.50 Å². The summed E-state index contributed by atoms with van der Waals surface area (Å²) in [5.41, 5.74) is 0.202. The minimum atomic E-state index is -3.89. The molecule has 5 nitrogen and oxygen atoms in total. The van der Waals surface area contributed by atoms with E-state index in [1.165, 1.54) is 30.3 Å². The van der Waals surface area contributed by atoms with Gasteiger partial charge >= 0.3 is 5.97 Å². The van der Waals surface area contributed by atoms with E-state index < -0.39 is 16.0 Å². The number of hydrogen-bond acceptors (Lipinski definition) is 3. The molecule has 0 spiro atoms. The van der Waals surface area contributed by atoms with Crippen molar-refractivity contribution in [2.24, 2.45) is 0 Å². The molecular weight excluding hydrogens is 382 g/mol. The molecule has 0 saturated carbocycles. The Hall–Kier alpha value is -1.57. The maximum absolute atomic E-state index is 12.3. The van der Waals surface area contributed by atoms with Crippen LogP contribution in [-0.4, -0.2) is 19.5 Å². The summed E-state index contributed by atoms with van der Waals surface area (Å²) < 4.78 is 27.4. The van der Waals surface area contributed by atoms with Gasteiger partial charge in [-0.05, 0) is 52.3 Å². The average molecular weight is 391 g/mol. The zero-order valence-corrected chi connectivity index (χ0v) is 13.5. The summed E-state index contributed by atoms with van der Waals surface area (Å²) in [6.07, 6.45) is 0. The van der Waals surface area contributed by atoms with Gasteiger partial charge in [0.1, 0.15) is 0 Å². The molecule has 0 radical (unpaired) electrons. The predicted octanol–water partition coefficient (Wildman–Crippen LogP) is 3.60. The van der Waals surface area contributed by atoms with Gasteiger partial charge in [0.25, 0.3) is 10.0 Å². The molecule has 0 fully saturated rings. The quantitative estimate of drug-likeness (QED) is 0.835. The van der Waals surface area contributed by atoms with E-state index in [0.29, 0.717) is 15.2 Å². The Bertz CT molecular complexity index is 808. The number of carboxylic acid groups (broad SMARTS) is 1. The highest BCUT2D eigenvalue weighted by Crippen LogP contribution is 2.28. The molecule has 0 heterocycles. The molecule has 0 bridgehead atoms. The fraction of sp³-hybridized carbons (Fsp3) is 0. The Kier molecular flexibility index (Phi) is 4.55. The Morgan fingerprint density at radius 2 is 1.90 bits per heavy atom. The minimum Gasteiger partial charge on any atom is -0.478 e. The summed E-state index contributed by atoms with van der Waals surface area (Å²) in [6.45, 7) is 0. The van der Waals surface area contributed by atoms with Gasteiger partial charge in [-0.15, -0.1) is 0 Å². The number of hydrogen-bond donors (Lipinski definition) is 2. The molecular formula is C13H9BrClNO4S. The van der Waals surface area contributed by atoms with Gasteiger partial charge < -0.3 is 5.11 Å². The zero-order valence-electron chi connectivity index (χ0n) is 10.4. The van der Waals surface area contributed by atoms with E-state index in [9.17, 15) is 13.2 Å². The lowest BCUT2D eigenvalue weighted by atomic mass is 10.2. The summed E-state index contributed by atoms with van der Waals surface area (Å²) in [5.74, 6) is -1.19. The van der Waals surface area contributed by atoms with E-state index in [-0.39, 0.29) is 10.5 Å². The fourth-order valence-corrected chi connectivity index (χ4v) is 3.61. The third-order valence-corrected chi connectivity index (χ3v) is 4.82. The van der Waals surface area contributed by atoms with Crippen LogP contribution in [0.3, 0.4) is 0 Å². The van der Waals surface area contributed by atoms with Crippen LogP contribution in [-0.2, 0) is 10.0 Å². The average Bonchev–Trinajstić information content (AvgIpc) is 2.42. The monoisotopic (exact) mass is 389 g/mol. The van der Waals surface area contributed by atoms with Gasteiger partial charge in [-0.1, -0.05) is 17.7 Å². The summed E-state index contributed by atoms with van der Waals surface area (Å²) in [4.78, 5) is 10.8. The number of rotatable bonds is 4. The van der Waals surface area contributed by atoms with Crippen LogP contribution < -0.4 is 4.72 Å². The van der Waals surface area contributed by atoms with E-state index >= 15 is 0 Å². The molecule has 110 valence electrons. The largest absolute Gasteiger partial charge is 0.478 e. The second-order valence-corrected chi connectivity index (χ2v) is 7.04. The molecule has 0 unspecified atom stereocenters. The van der Waals surface area contributed by atoms with Crippen LogP contribution in [0.1, 0.15) is 10.4 Å². The van der Waals surface area contributed by atoms with Crippen molar-refractivity contribution in [3.63, 3.8) is 0 Å². The molecule has 0 aliphatic heterocycles. The van der Waals surface area contributed by atoms with Crippen molar-refractivity contribution in [1.29, 1.82) is 0 Å². The third kappa shape index (κ3) is 3.75. The van der Waals surface area contributed by atoms with E-state index in [1.807, 2.05) is 0 Å². The lowest BCUT2D eigenvalue weighted by Crippen LogP contribution is -2.14. The number of anilines is 1. The maximum atomic E-state index is 12.3. The number of carboxylic acids is 1. The topological polar surface area (TPSA) is 83.5 Å². The van der Waals surface area contributed by atoms with Gasteiger partial charge in [-0.3, -0.25) is 4.72 Å². The highest BCUT2D eigenvalue weighted by molar-refractivity contribution is 9.10. The van der Waals surface area contributed by atoms with Crippen molar-refractivity contribution in [2.75, 3.05) is 4.72 Å². The van der Waals surface area contributed by atoms with Gasteiger partial charge in [0.15, 0.2) is 0 Å². The van der Waals surface area contributed by atoms with Gasteiger partial charge in [0.2, 0.25) is 0 Å². The molecule has 2 rings (SSSR count). The molecule has 0 aromatic heterocycles. The number of aromatic carboxylic acids is 1. The zero-order chi connectivity index (χ0) is 15.6. The standard InChI is InChI=1S/C13H9BrClNO4S/c14-11-7-9(15)4-5-12(11)16-21(19,20)10-3-1-2-8(6-10)13(17)18/h1-7,16H,(H,17,18). The molecule has 21 heavy (non-hydrogen) atoms. The summed E-state index contributed by atoms with van der Waals surface area (Å²) in [7, 11) is -3.89. The van der Waals surface area contributed by atoms with Crippen LogP contribution >= 0.6 is 27.5 Å². The number of benzene rings is 2. The Morgan fingerprint density at radius 1 is 1.19 bits per heavy atom. The molecule has 2 aromatic carbocycles. The van der Waals surface area contributed by atoms with E-state index in [1.54, 1.807) is 6.07 Å². The summed E-state index contributed by atoms with van der Waals surface area (Å²) in [5, 5.41) is 9.36. The first-order chi connectivity index (χ1) is 9.79. The molecule has 0 amide bonds. The molecule has 0 saturated heterocycles. The van der Waals surface area contributed by atoms with Crippen LogP contribution in [0.4, 0.5) is 5.69 Å². The Morgan fingerprint density at radius 3 is 2.52 bits per heavy atom. The summed E-state index contributed by atoms with van der Waals surface area (Å²) in [6, 6.07) is 9.69. The first kappa shape index (κ1) is 15.8. The molecule has 0 aliphatic carbocycles. The molecule has 0 atom stereocenters. The summed E-state index contributed by atoms with van der Waals surface area (Å²) >= 11 is 8.99. The van der Waals surface area contributed by atoms with Crippen LogP contribution in [0.15, 0.2) is 51.8 Å². The Balaban J connectivity index is 2.38. The highest BCUT2D eigenvalue weighted by Gasteiger charge is 2.17. The van der Waals surface area contributed by atoms with Crippen molar-refractivity contribution < 1.29 is 18.3 Å². The van der Waals surface area contributed by atoms with Gasteiger partial charge in [0.05, 0.1) is 16.1 Å². The number of sulfonamides is 1. The maximum Gasteiger partial charge on any atom is 0.335 e. The third-order valence-electron chi connectivity index (χ3n) is 2.57. The molecule has 8 heteroatoms. The van der Waals surface area contributed by atoms with Crippen LogP contribution in [0.25, 0.3) is 0 Å². The number of nitrogens with one attached hydrogen (secondary N) is 1. The number of carbonyl (C=O) groups is 1. The highest BCUT2D eigenvalue weighted by atomic mass is 79.9. The van der Waals surface area contributed by atoms with Gasteiger partial charge in [-0.2, -0.15) is 0 Å². The SMILES string of the molecule is O=C(O)c1cccc(S(=O)(=O)Nc2ccc(Cl)cc2Br)c1. The number of halogens is 2. The van der Waals surface area contributed by atoms with Gasteiger partial charge in [-0.25, -0.2) is 13.2 Å². The van der Waals surface area contributed by atoms with Crippen molar-refractivity contribution in [3.05, 3.63) is 57.5 Å². The van der Waals surface area contributed by atoms with Crippen molar-refractivity contribution in [2.45, 2.75) is 4.90 Å². The molecule has 2 N–H and O–H groups in total. The fourth-order valence-electron chi connectivity index (χ4n) is 1.57. The predicted molar refractivity (Wildman–Crippen MR) is 83.4 cm³/mol.